The van der Waals surface area contributed by atoms with Gasteiger partial charge in [-0.2, -0.15) is 0 Å². The van der Waals surface area contributed by atoms with Crippen LogP contribution in [0.15, 0.2) is 23.1 Å². The van der Waals surface area contributed by atoms with Gasteiger partial charge in [-0.15, -0.1) is 0 Å². The minimum Gasteiger partial charge on any atom is -0.396 e. The Morgan fingerprint density at radius 1 is 1.37 bits per heavy atom. The molecule has 3 nitrogen and oxygen atoms in total. The number of nitrogens with two attached hydrogens (primary N) is 1. The van der Waals surface area contributed by atoms with Gasteiger partial charge in [0.1, 0.15) is 5.82 Å². The Kier molecular flexibility index (Phi) is 3.47. The Hall–Kier alpha value is -0.940. The predicted molar refractivity (Wildman–Crippen MR) is 74.9 cm³/mol. The highest BCUT2D eigenvalue weighted by molar-refractivity contribution is 7.85. The zero-order chi connectivity index (χ0) is 14.4. The van der Waals surface area contributed by atoms with Crippen LogP contribution in [0.25, 0.3) is 0 Å². The Bertz CT molecular complexity index is 528. The summed E-state index contributed by atoms with van der Waals surface area (Å²) in [6.07, 6.45) is 0.679. The van der Waals surface area contributed by atoms with E-state index in [2.05, 4.69) is 0 Å². The fourth-order valence-electron chi connectivity index (χ4n) is 2.64. The van der Waals surface area contributed by atoms with Gasteiger partial charge >= 0.3 is 0 Å². The van der Waals surface area contributed by atoms with Gasteiger partial charge in [0.15, 0.2) is 0 Å². The molecule has 1 aromatic carbocycles. The molecule has 1 aromatic rings. The Balaban J connectivity index is 2.31. The lowest BCUT2D eigenvalue weighted by molar-refractivity contribution is -0.0633. The van der Waals surface area contributed by atoms with Crippen molar-refractivity contribution < 1.29 is 13.3 Å². The average molecular weight is 285 g/mol. The molecule has 106 valence electrons. The van der Waals surface area contributed by atoms with E-state index < -0.39 is 22.2 Å². The van der Waals surface area contributed by atoms with Crippen LogP contribution >= 0.6 is 0 Å². The van der Waals surface area contributed by atoms with Gasteiger partial charge in [0.05, 0.1) is 32.9 Å². The zero-order valence-corrected chi connectivity index (χ0v) is 12.5. The third-order valence-electron chi connectivity index (χ3n) is 3.45. The molecule has 1 heterocycles. The number of anilines is 1. The van der Waals surface area contributed by atoms with Crippen molar-refractivity contribution in [3.8, 4) is 0 Å². The van der Waals surface area contributed by atoms with Crippen molar-refractivity contribution in [3.63, 3.8) is 0 Å². The van der Waals surface area contributed by atoms with Crippen molar-refractivity contribution in [2.75, 3.05) is 5.73 Å². The standard InChI is InChI=1S/C14H20FNO2S/c1-13(2)8-12(14(3,4)18-13)19(17)9-5-6-11(16)10(15)7-9/h5-7,12H,8,16H2,1-4H3. The van der Waals surface area contributed by atoms with Crippen molar-refractivity contribution in [1.82, 2.24) is 0 Å². The molecular formula is C14H20FNO2S. The highest BCUT2D eigenvalue weighted by Gasteiger charge is 2.49. The molecule has 0 aliphatic carbocycles. The number of rotatable bonds is 2. The lowest BCUT2D eigenvalue weighted by atomic mass is 10.0. The predicted octanol–water partition coefficient (Wildman–Crippen LogP) is 2.86. The monoisotopic (exact) mass is 285 g/mol. The first-order chi connectivity index (χ1) is 8.62. The second kappa shape index (κ2) is 4.56. The number of hydrogen-bond acceptors (Lipinski definition) is 3. The second-order valence-electron chi connectivity index (χ2n) is 6.14. The molecule has 0 spiro atoms. The van der Waals surface area contributed by atoms with Crippen molar-refractivity contribution in [2.24, 2.45) is 0 Å². The van der Waals surface area contributed by atoms with Gasteiger partial charge in [-0.25, -0.2) is 4.39 Å². The first kappa shape index (κ1) is 14.5. The molecular weight excluding hydrogens is 265 g/mol. The quantitative estimate of drug-likeness (QED) is 0.850. The fourth-order valence-corrected chi connectivity index (χ4v) is 4.51. The van der Waals surface area contributed by atoms with E-state index in [0.717, 1.165) is 0 Å². The van der Waals surface area contributed by atoms with Crippen LogP contribution in [0.4, 0.5) is 10.1 Å². The maximum Gasteiger partial charge on any atom is 0.147 e. The number of halogens is 1. The maximum absolute atomic E-state index is 13.5. The van der Waals surface area contributed by atoms with E-state index in [1.807, 2.05) is 27.7 Å². The number of hydrogen-bond donors (Lipinski definition) is 1. The van der Waals surface area contributed by atoms with Crippen molar-refractivity contribution in [3.05, 3.63) is 24.0 Å². The normalized spacial score (nSPS) is 26.3. The summed E-state index contributed by atoms with van der Waals surface area (Å²) in [6.45, 7) is 7.82. The smallest absolute Gasteiger partial charge is 0.147 e. The van der Waals surface area contributed by atoms with Crippen LogP contribution in [0.3, 0.4) is 0 Å². The third kappa shape index (κ3) is 2.82. The molecule has 2 N–H and O–H groups in total. The molecule has 0 aromatic heterocycles. The summed E-state index contributed by atoms with van der Waals surface area (Å²) in [5.74, 6) is -0.526. The highest BCUT2D eigenvalue weighted by Crippen LogP contribution is 2.41. The summed E-state index contributed by atoms with van der Waals surface area (Å²) >= 11 is 0. The van der Waals surface area contributed by atoms with Crippen molar-refractivity contribution in [2.45, 2.75) is 55.5 Å². The first-order valence-electron chi connectivity index (χ1n) is 6.28. The van der Waals surface area contributed by atoms with Crippen LogP contribution in [0.1, 0.15) is 34.1 Å². The molecule has 2 rings (SSSR count). The summed E-state index contributed by atoms with van der Waals surface area (Å²) in [5, 5.41) is -0.162. The fraction of sp³-hybridized carbons (Fsp3) is 0.571. The average Bonchev–Trinajstić information content (AvgIpc) is 2.49. The Morgan fingerprint density at radius 3 is 2.47 bits per heavy atom. The molecule has 5 heteroatoms. The molecule has 1 saturated heterocycles. The third-order valence-corrected chi connectivity index (χ3v) is 5.42. The summed E-state index contributed by atoms with van der Waals surface area (Å²) in [7, 11) is -1.31. The lowest BCUT2D eigenvalue weighted by Gasteiger charge is -2.26. The lowest BCUT2D eigenvalue weighted by Crippen LogP contribution is -2.35. The van der Waals surface area contributed by atoms with Gasteiger partial charge in [0, 0.05) is 4.90 Å². The van der Waals surface area contributed by atoms with Crippen molar-refractivity contribution in [1.29, 1.82) is 0 Å². The maximum atomic E-state index is 13.5. The van der Waals surface area contributed by atoms with Gasteiger partial charge in [-0.05, 0) is 52.3 Å². The van der Waals surface area contributed by atoms with Gasteiger partial charge in [-0.1, -0.05) is 0 Å². The van der Waals surface area contributed by atoms with E-state index in [-0.39, 0.29) is 16.5 Å². The van der Waals surface area contributed by atoms with Gasteiger partial charge in [0.2, 0.25) is 0 Å². The zero-order valence-electron chi connectivity index (χ0n) is 11.7. The van der Waals surface area contributed by atoms with Crippen LogP contribution in [0.5, 0.6) is 0 Å². The van der Waals surface area contributed by atoms with E-state index >= 15 is 0 Å². The summed E-state index contributed by atoms with van der Waals surface area (Å²) in [5.41, 5.74) is 4.71. The summed E-state index contributed by atoms with van der Waals surface area (Å²) < 4.78 is 32.1. The van der Waals surface area contributed by atoms with Crippen LogP contribution in [-0.4, -0.2) is 20.7 Å². The highest BCUT2D eigenvalue weighted by atomic mass is 32.2. The molecule has 19 heavy (non-hydrogen) atoms. The van der Waals surface area contributed by atoms with Gasteiger partial charge in [0.25, 0.3) is 0 Å². The van der Waals surface area contributed by atoms with E-state index in [9.17, 15) is 8.60 Å². The molecule has 1 aliphatic rings. The topological polar surface area (TPSA) is 52.3 Å². The summed E-state index contributed by atoms with van der Waals surface area (Å²) in [4.78, 5) is 0.464. The Labute approximate surface area is 115 Å². The molecule has 0 saturated carbocycles. The number of ether oxygens (including phenoxy) is 1. The van der Waals surface area contributed by atoms with E-state index in [4.69, 9.17) is 10.5 Å². The van der Waals surface area contributed by atoms with Crippen LogP contribution in [0.2, 0.25) is 0 Å². The Morgan fingerprint density at radius 2 is 2.00 bits per heavy atom. The minimum absolute atomic E-state index is 0.0722. The van der Waals surface area contributed by atoms with Crippen molar-refractivity contribution >= 4 is 16.5 Å². The molecule has 2 unspecified atom stereocenters. The van der Waals surface area contributed by atoms with Gasteiger partial charge < -0.3 is 10.5 Å². The van der Waals surface area contributed by atoms with Crippen LogP contribution < -0.4 is 5.73 Å². The van der Waals surface area contributed by atoms with E-state index in [1.54, 1.807) is 6.07 Å². The molecule has 0 radical (unpaired) electrons. The SMILES string of the molecule is CC1(C)CC(S(=O)c2ccc(N)c(F)c2)C(C)(C)O1. The van der Waals surface area contributed by atoms with Gasteiger partial charge in [-0.3, -0.25) is 4.21 Å². The van der Waals surface area contributed by atoms with Crippen LogP contribution in [-0.2, 0) is 15.5 Å². The van der Waals surface area contributed by atoms with E-state index in [0.29, 0.717) is 11.3 Å². The first-order valence-corrected chi connectivity index (χ1v) is 7.49. The second-order valence-corrected chi connectivity index (χ2v) is 7.77. The molecule has 0 amide bonds. The number of nitrogen functional groups attached to an aromatic ring is 1. The van der Waals surface area contributed by atoms with E-state index in [1.165, 1.54) is 12.1 Å². The molecule has 2 atom stereocenters. The van der Waals surface area contributed by atoms with Crippen LogP contribution in [0, 0.1) is 5.82 Å². The minimum atomic E-state index is -1.31. The molecule has 1 aliphatic heterocycles. The largest absolute Gasteiger partial charge is 0.396 e. The summed E-state index contributed by atoms with van der Waals surface area (Å²) in [6, 6.07) is 4.33. The molecule has 1 fully saturated rings. The molecule has 0 bridgehead atoms. The number of benzene rings is 1.